The van der Waals surface area contributed by atoms with Gasteiger partial charge < -0.3 is 9.47 Å². The van der Waals surface area contributed by atoms with E-state index in [0.717, 1.165) is 12.8 Å². The third kappa shape index (κ3) is 4.41. The van der Waals surface area contributed by atoms with Gasteiger partial charge in [-0.2, -0.15) is 0 Å². The maximum atomic E-state index is 11.7. The molecule has 0 radical (unpaired) electrons. The smallest absolute Gasteiger partial charge is 0.429 e. The predicted octanol–water partition coefficient (Wildman–Crippen LogP) is 4.44. The monoisotopic (exact) mass is 274 g/mol. The Hall–Kier alpha value is -1.77. The van der Waals surface area contributed by atoms with Crippen LogP contribution in [0.1, 0.15) is 45.1 Å². The Morgan fingerprint density at radius 2 is 1.90 bits per heavy atom. The summed E-state index contributed by atoms with van der Waals surface area (Å²) in [7, 11) is 0. The van der Waals surface area contributed by atoms with Crippen molar-refractivity contribution in [3.63, 3.8) is 0 Å². The molecule has 0 fully saturated rings. The minimum absolute atomic E-state index is 0.205. The molecular weight excluding hydrogens is 252 g/mol. The number of carbonyl (C=O) groups is 1. The summed E-state index contributed by atoms with van der Waals surface area (Å²) in [6.07, 6.45) is 5.02. The van der Waals surface area contributed by atoms with Crippen LogP contribution in [0.3, 0.4) is 0 Å². The molecule has 1 aliphatic rings. The van der Waals surface area contributed by atoms with Gasteiger partial charge in [0.1, 0.15) is 11.7 Å². The summed E-state index contributed by atoms with van der Waals surface area (Å²) < 4.78 is 10.6. The van der Waals surface area contributed by atoms with E-state index in [0.29, 0.717) is 5.92 Å². The largest absolute Gasteiger partial charge is 0.509 e. The zero-order valence-corrected chi connectivity index (χ0v) is 12.3. The van der Waals surface area contributed by atoms with Gasteiger partial charge in [-0.25, -0.2) is 4.79 Å². The van der Waals surface area contributed by atoms with Crippen LogP contribution in [0.5, 0.6) is 0 Å². The summed E-state index contributed by atoms with van der Waals surface area (Å²) in [6.45, 7) is 5.49. The normalized spacial score (nSPS) is 22.4. The molecule has 0 N–H and O–H groups in total. The van der Waals surface area contributed by atoms with Crippen LogP contribution in [-0.2, 0) is 9.47 Å². The molecule has 0 heterocycles. The third-order valence-electron chi connectivity index (χ3n) is 3.20. The van der Waals surface area contributed by atoms with Crippen LogP contribution in [0.25, 0.3) is 0 Å². The van der Waals surface area contributed by atoms with Gasteiger partial charge in [-0.05, 0) is 51.2 Å². The zero-order chi connectivity index (χ0) is 14.6. The topological polar surface area (TPSA) is 35.5 Å². The number of hydrogen-bond donors (Lipinski definition) is 0. The van der Waals surface area contributed by atoms with Gasteiger partial charge in [0.05, 0.1) is 0 Å². The fourth-order valence-electron chi connectivity index (χ4n) is 2.33. The van der Waals surface area contributed by atoms with Gasteiger partial charge in [0.2, 0.25) is 0 Å². The molecular formula is C17H22O3. The van der Waals surface area contributed by atoms with E-state index < -0.39 is 11.8 Å². The van der Waals surface area contributed by atoms with Crippen molar-refractivity contribution in [1.29, 1.82) is 0 Å². The first-order chi connectivity index (χ1) is 9.44. The van der Waals surface area contributed by atoms with E-state index in [4.69, 9.17) is 9.47 Å². The predicted molar refractivity (Wildman–Crippen MR) is 78.7 cm³/mol. The first-order valence-electron chi connectivity index (χ1n) is 7.05. The second kappa shape index (κ2) is 6.12. The first-order valence-corrected chi connectivity index (χ1v) is 7.05. The molecule has 1 aliphatic carbocycles. The van der Waals surface area contributed by atoms with E-state index in [-0.39, 0.29) is 6.10 Å². The van der Waals surface area contributed by atoms with Crippen molar-refractivity contribution >= 4 is 6.16 Å². The van der Waals surface area contributed by atoms with E-state index in [1.807, 2.05) is 45.0 Å². The highest BCUT2D eigenvalue weighted by atomic mass is 16.7. The van der Waals surface area contributed by atoms with Gasteiger partial charge in [-0.15, -0.1) is 0 Å². The van der Waals surface area contributed by atoms with Crippen molar-refractivity contribution in [2.75, 3.05) is 0 Å². The summed E-state index contributed by atoms with van der Waals surface area (Å²) in [5.41, 5.74) is 0.767. The number of rotatable bonds is 2. The summed E-state index contributed by atoms with van der Waals surface area (Å²) in [5, 5.41) is 0. The maximum absolute atomic E-state index is 11.7. The first kappa shape index (κ1) is 14.6. The number of carbonyl (C=O) groups excluding carboxylic acids is 1. The molecule has 1 aromatic carbocycles. The molecule has 0 saturated heterocycles. The molecule has 3 nitrogen and oxygen atoms in total. The molecule has 20 heavy (non-hydrogen) atoms. The van der Waals surface area contributed by atoms with Gasteiger partial charge in [-0.1, -0.05) is 36.4 Å². The minimum Gasteiger partial charge on any atom is -0.429 e. The average Bonchev–Trinajstić information content (AvgIpc) is 2.38. The van der Waals surface area contributed by atoms with Gasteiger partial charge in [0.15, 0.2) is 0 Å². The van der Waals surface area contributed by atoms with Crippen molar-refractivity contribution in [2.45, 2.75) is 51.2 Å². The lowest BCUT2D eigenvalue weighted by Gasteiger charge is -2.26. The van der Waals surface area contributed by atoms with Crippen molar-refractivity contribution in [3.8, 4) is 0 Å². The fourth-order valence-corrected chi connectivity index (χ4v) is 2.33. The number of benzene rings is 1. The zero-order valence-electron chi connectivity index (χ0n) is 12.3. The summed E-state index contributed by atoms with van der Waals surface area (Å²) in [6, 6.07) is 10.3. The van der Waals surface area contributed by atoms with E-state index in [9.17, 15) is 4.79 Å². The highest BCUT2D eigenvalue weighted by Gasteiger charge is 2.25. The molecule has 0 unspecified atom stereocenters. The Bertz CT molecular complexity index is 471. The summed E-state index contributed by atoms with van der Waals surface area (Å²) >= 11 is 0. The lowest BCUT2D eigenvalue weighted by molar-refractivity contribution is -0.0211. The number of allylic oxidation sites excluding steroid dienone is 1. The highest BCUT2D eigenvalue weighted by molar-refractivity contribution is 5.61. The van der Waals surface area contributed by atoms with Crippen molar-refractivity contribution < 1.29 is 14.3 Å². The fraction of sp³-hybridized carbons (Fsp3) is 0.471. The molecule has 2 atom stereocenters. The van der Waals surface area contributed by atoms with Gasteiger partial charge in [-0.3, -0.25) is 0 Å². The molecule has 0 spiro atoms. The Morgan fingerprint density at radius 3 is 2.55 bits per heavy atom. The molecule has 0 aromatic heterocycles. The van der Waals surface area contributed by atoms with Crippen LogP contribution in [0.2, 0.25) is 0 Å². The standard InChI is InChI=1S/C17H22O3/c1-17(2,3)20-16(18)19-15-11-7-10-14(12-15)13-8-5-4-6-9-13/h4-9,11,14-15H,10,12H2,1-3H3/t14-,15+/m0/s1. The second-order valence-corrected chi connectivity index (χ2v) is 6.13. The molecule has 0 aliphatic heterocycles. The third-order valence-corrected chi connectivity index (χ3v) is 3.20. The molecule has 0 bridgehead atoms. The molecule has 1 aromatic rings. The Labute approximate surface area is 120 Å². The molecule has 3 heteroatoms. The molecule has 0 saturated carbocycles. The Morgan fingerprint density at radius 1 is 1.20 bits per heavy atom. The summed E-state index contributed by atoms with van der Waals surface area (Å²) in [5.74, 6) is 0.397. The van der Waals surface area contributed by atoms with Crippen LogP contribution >= 0.6 is 0 Å². The SMILES string of the molecule is CC(C)(C)OC(=O)O[C@@H]1C=CC[C@H](c2ccccc2)C1. The van der Waals surface area contributed by atoms with Gasteiger partial charge in [0, 0.05) is 0 Å². The lowest BCUT2D eigenvalue weighted by Crippen LogP contribution is -2.28. The van der Waals surface area contributed by atoms with E-state index in [1.54, 1.807) is 0 Å². The molecule has 0 amide bonds. The summed E-state index contributed by atoms with van der Waals surface area (Å²) in [4.78, 5) is 11.7. The van der Waals surface area contributed by atoms with Crippen molar-refractivity contribution in [1.82, 2.24) is 0 Å². The van der Waals surface area contributed by atoms with Crippen molar-refractivity contribution in [3.05, 3.63) is 48.0 Å². The van der Waals surface area contributed by atoms with E-state index in [1.165, 1.54) is 5.56 Å². The van der Waals surface area contributed by atoms with Crippen LogP contribution in [0.4, 0.5) is 4.79 Å². The van der Waals surface area contributed by atoms with E-state index >= 15 is 0 Å². The van der Waals surface area contributed by atoms with Crippen LogP contribution in [0, 0.1) is 0 Å². The minimum atomic E-state index is -0.596. The number of hydrogen-bond acceptors (Lipinski definition) is 3. The van der Waals surface area contributed by atoms with Crippen LogP contribution in [0.15, 0.2) is 42.5 Å². The maximum Gasteiger partial charge on any atom is 0.509 e. The number of ether oxygens (including phenoxy) is 2. The Kier molecular flexibility index (Phi) is 4.48. The second-order valence-electron chi connectivity index (χ2n) is 6.13. The van der Waals surface area contributed by atoms with Crippen molar-refractivity contribution in [2.24, 2.45) is 0 Å². The van der Waals surface area contributed by atoms with Crippen LogP contribution in [-0.4, -0.2) is 17.9 Å². The average molecular weight is 274 g/mol. The molecule has 108 valence electrons. The highest BCUT2D eigenvalue weighted by Crippen LogP contribution is 2.30. The van der Waals surface area contributed by atoms with Gasteiger partial charge >= 0.3 is 6.16 Å². The quantitative estimate of drug-likeness (QED) is 0.590. The van der Waals surface area contributed by atoms with Gasteiger partial charge in [0.25, 0.3) is 0 Å². The lowest BCUT2D eigenvalue weighted by atomic mass is 9.86. The van der Waals surface area contributed by atoms with E-state index in [2.05, 4.69) is 18.2 Å². The molecule has 2 rings (SSSR count). The van der Waals surface area contributed by atoms with Crippen LogP contribution < -0.4 is 0 Å². The Balaban J connectivity index is 1.93.